The molecule has 97 heavy (non-hydrogen) atoms. The number of carboxylic acid groups (broad SMARTS) is 1. The minimum atomic E-state index is -1.51. The van der Waals surface area contributed by atoms with Crippen molar-refractivity contribution in [3.8, 4) is 0 Å². The largest absolute Gasteiger partial charge is 0.477 e. The minimum Gasteiger partial charge on any atom is -0.477 e. The van der Waals surface area contributed by atoms with E-state index in [4.69, 9.17) is 18.9 Å². The highest BCUT2D eigenvalue weighted by Gasteiger charge is 2.25. The van der Waals surface area contributed by atoms with Gasteiger partial charge in [-0.05, 0) is 77.0 Å². The fraction of sp³-hybridized carbons (Fsp3) is 0.875. The molecule has 0 aliphatic heterocycles. The normalized spacial score (nSPS) is 12.8. The van der Waals surface area contributed by atoms with Crippen molar-refractivity contribution in [1.29, 1.82) is 0 Å². The van der Waals surface area contributed by atoms with Crippen molar-refractivity contribution in [2.45, 2.75) is 450 Å². The first-order valence-corrected chi connectivity index (χ1v) is 42.8. The predicted octanol–water partition coefficient (Wildman–Crippen LogP) is 27.6. The summed E-state index contributed by atoms with van der Waals surface area (Å²) >= 11 is 0. The lowest BCUT2D eigenvalue weighted by Crippen LogP contribution is -2.40. The van der Waals surface area contributed by atoms with Crippen LogP contribution in [0.25, 0.3) is 0 Å². The monoisotopic (exact) mass is 1370 g/mol. The summed E-state index contributed by atoms with van der Waals surface area (Å²) in [6.07, 6.45) is 102. The number of nitrogens with zero attached hydrogens (tertiary/aromatic N) is 1. The number of carbonyl (C=O) groups excluding carboxylic acids is 2. The molecular weight excluding hydrogens is 1200 g/mol. The summed E-state index contributed by atoms with van der Waals surface area (Å²) in [5.41, 5.74) is 0. The van der Waals surface area contributed by atoms with Crippen LogP contribution in [0.5, 0.6) is 0 Å². The summed E-state index contributed by atoms with van der Waals surface area (Å²) in [4.78, 5) is 37.8. The molecule has 0 aromatic heterocycles. The van der Waals surface area contributed by atoms with Gasteiger partial charge in [0.05, 0.1) is 34.4 Å². The van der Waals surface area contributed by atoms with E-state index in [1.165, 1.54) is 360 Å². The number of likely N-dealkylation sites (N-methyl/N-ethyl adjacent to an activating group) is 1. The lowest BCUT2D eigenvalue weighted by molar-refractivity contribution is -0.870. The maximum atomic E-state index is 13.0. The Balaban J connectivity index is 3.92. The first-order valence-electron chi connectivity index (χ1n) is 42.8. The van der Waals surface area contributed by atoms with Crippen LogP contribution in [0.15, 0.2) is 48.6 Å². The van der Waals surface area contributed by atoms with Gasteiger partial charge in [-0.3, -0.25) is 9.59 Å². The lowest BCUT2D eigenvalue weighted by Gasteiger charge is -2.25. The highest BCUT2D eigenvalue weighted by atomic mass is 16.7. The summed E-state index contributed by atoms with van der Waals surface area (Å²) < 4.78 is 23.1. The van der Waals surface area contributed by atoms with Crippen molar-refractivity contribution in [2.75, 3.05) is 47.5 Å². The molecule has 0 spiro atoms. The van der Waals surface area contributed by atoms with Crippen molar-refractivity contribution in [3.05, 3.63) is 48.6 Å². The van der Waals surface area contributed by atoms with Gasteiger partial charge in [0.15, 0.2) is 6.10 Å². The third-order valence-electron chi connectivity index (χ3n) is 19.6. The summed E-state index contributed by atoms with van der Waals surface area (Å²) in [5, 5.41) is 9.78. The van der Waals surface area contributed by atoms with Crippen LogP contribution in [0.2, 0.25) is 0 Å². The van der Waals surface area contributed by atoms with Crippen LogP contribution in [0.3, 0.4) is 0 Å². The highest BCUT2D eigenvalue weighted by molar-refractivity contribution is 5.71. The quantitative estimate of drug-likeness (QED) is 0.0211. The molecule has 0 amide bonds. The molecule has 0 aliphatic carbocycles. The number of hydrogen-bond donors (Lipinski definition) is 1. The van der Waals surface area contributed by atoms with E-state index in [9.17, 15) is 19.5 Å². The summed E-state index contributed by atoms with van der Waals surface area (Å²) in [6, 6.07) is 0. The Kier molecular flexibility index (Phi) is 76.7. The molecule has 2 atom stereocenters. The molecule has 570 valence electrons. The standard InChI is InChI=1S/C88H165NO8/c1-6-8-10-12-14-16-18-20-22-24-26-28-30-32-34-36-38-39-40-41-42-43-44-45-46-47-49-50-52-54-56-58-60-62-64-66-68-70-72-74-76-78-85(90)95-82-84(83-96-88(87(92)93)94-81-80-89(3,4)5)97-86(91)79-77-75-73-71-69-67-65-63-61-59-57-55-53-51-48-37-35-33-31-29-27-25-23-21-19-17-15-13-11-9-7-2/h19,21,24-27,31,33,84,88H,6-18,20,22-23,28-30,32,34-83H2,1-5H3/p+1/b21-19-,26-24-,27-25-,33-31-. The van der Waals surface area contributed by atoms with E-state index >= 15 is 0 Å². The number of allylic oxidation sites excluding steroid dienone is 8. The van der Waals surface area contributed by atoms with Crippen molar-refractivity contribution in [2.24, 2.45) is 0 Å². The molecule has 0 heterocycles. The zero-order valence-electron chi connectivity index (χ0n) is 65.5. The number of aliphatic carboxylic acids is 1. The molecule has 1 N–H and O–H groups in total. The van der Waals surface area contributed by atoms with Crippen molar-refractivity contribution < 1.29 is 42.9 Å². The van der Waals surface area contributed by atoms with E-state index in [0.717, 1.165) is 51.4 Å². The molecule has 0 aromatic rings. The number of ether oxygens (including phenoxy) is 4. The molecule has 0 bridgehead atoms. The number of esters is 2. The van der Waals surface area contributed by atoms with Gasteiger partial charge in [-0.25, -0.2) is 4.79 Å². The predicted molar refractivity (Wildman–Crippen MR) is 420 cm³/mol. The first kappa shape index (κ1) is 94.2. The molecule has 0 radical (unpaired) electrons. The number of rotatable bonds is 81. The fourth-order valence-corrected chi connectivity index (χ4v) is 13.0. The number of carbonyl (C=O) groups is 3. The Morgan fingerprint density at radius 3 is 0.835 bits per heavy atom. The van der Waals surface area contributed by atoms with E-state index in [2.05, 4.69) is 62.5 Å². The molecule has 9 nitrogen and oxygen atoms in total. The maximum absolute atomic E-state index is 13.0. The van der Waals surface area contributed by atoms with Gasteiger partial charge < -0.3 is 28.5 Å². The Morgan fingerprint density at radius 1 is 0.309 bits per heavy atom. The molecule has 0 aromatic carbocycles. The fourth-order valence-electron chi connectivity index (χ4n) is 13.0. The van der Waals surface area contributed by atoms with Crippen LogP contribution in [-0.2, 0) is 33.3 Å². The summed E-state index contributed by atoms with van der Waals surface area (Å²) in [5.74, 6) is -1.97. The first-order chi connectivity index (χ1) is 47.6. The van der Waals surface area contributed by atoms with E-state index in [-0.39, 0.29) is 38.2 Å². The van der Waals surface area contributed by atoms with Crippen LogP contribution in [0.1, 0.15) is 438 Å². The third-order valence-corrected chi connectivity index (χ3v) is 19.6. The van der Waals surface area contributed by atoms with Crippen molar-refractivity contribution in [1.82, 2.24) is 0 Å². The maximum Gasteiger partial charge on any atom is 0.361 e. The molecule has 0 saturated heterocycles. The molecule has 0 rings (SSSR count). The molecule has 0 saturated carbocycles. The van der Waals surface area contributed by atoms with Gasteiger partial charge >= 0.3 is 17.9 Å². The van der Waals surface area contributed by atoms with Gasteiger partial charge in [-0.1, -0.05) is 396 Å². The smallest absolute Gasteiger partial charge is 0.361 e. The zero-order chi connectivity index (χ0) is 70.4. The Hall–Kier alpha value is -2.75. The molecule has 0 fully saturated rings. The Bertz CT molecular complexity index is 1730. The van der Waals surface area contributed by atoms with Crippen molar-refractivity contribution in [3.63, 3.8) is 0 Å². The highest BCUT2D eigenvalue weighted by Crippen LogP contribution is 2.20. The molecule has 0 aliphatic rings. The van der Waals surface area contributed by atoms with Gasteiger partial charge in [-0.2, -0.15) is 0 Å². The second-order valence-corrected chi connectivity index (χ2v) is 30.5. The van der Waals surface area contributed by atoms with Crippen LogP contribution < -0.4 is 0 Å². The Morgan fingerprint density at radius 2 is 0.557 bits per heavy atom. The topological polar surface area (TPSA) is 108 Å². The summed E-state index contributed by atoms with van der Waals surface area (Å²) in [6.45, 7) is 4.94. The van der Waals surface area contributed by atoms with Crippen LogP contribution >= 0.6 is 0 Å². The van der Waals surface area contributed by atoms with Gasteiger partial charge in [0.25, 0.3) is 6.29 Å². The number of quaternary nitrogens is 1. The van der Waals surface area contributed by atoms with E-state index < -0.39 is 18.4 Å². The SMILES string of the molecule is CCCCCCC/C=C\C/C=C\C/C=C\CCCCCCCCCCCCCCCCCCC(=O)OC(COC(=O)CCCCCCCCCCCCCCCCCCCCCCCCCCCCCCC/C=C\CCCCCCCCCC)COC(OCC[N+](C)(C)C)C(=O)O. The van der Waals surface area contributed by atoms with Gasteiger partial charge in [0.2, 0.25) is 0 Å². The minimum absolute atomic E-state index is 0.177. The molecular formula is C88H166NO8+. The van der Waals surface area contributed by atoms with Crippen molar-refractivity contribution >= 4 is 17.9 Å². The average Bonchev–Trinajstić information content (AvgIpc) is 2.39. The molecule has 2 unspecified atom stereocenters. The van der Waals surface area contributed by atoms with Gasteiger partial charge in [0, 0.05) is 12.8 Å². The van der Waals surface area contributed by atoms with E-state index in [0.29, 0.717) is 17.4 Å². The van der Waals surface area contributed by atoms with E-state index in [1.54, 1.807) is 0 Å². The lowest BCUT2D eigenvalue weighted by atomic mass is 10.0. The second-order valence-electron chi connectivity index (χ2n) is 30.5. The van der Waals surface area contributed by atoms with Crippen LogP contribution in [0, 0.1) is 0 Å². The number of carboxylic acids is 1. The average molecular weight is 1370 g/mol. The molecule has 9 heteroatoms. The van der Waals surface area contributed by atoms with Gasteiger partial charge in [0.1, 0.15) is 13.2 Å². The Labute approximate surface area is 603 Å². The number of unbranched alkanes of at least 4 members (excludes halogenated alkanes) is 58. The second kappa shape index (κ2) is 79.0. The van der Waals surface area contributed by atoms with Crippen LogP contribution in [-0.4, -0.2) is 87.4 Å². The van der Waals surface area contributed by atoms with E-state index in [1.807, 2.05) is 21.1 Å². The summed E-state index contributed by atoms with van der Waals surface area (Å²) in [7, 11) is 6.00. The number of hydrogen-bond acceptors (Lipinski definition) is 7. The zero-order valence-corrected chi connectivity index (χ0v) is 65.5. The van der Waals surface area contributed by atoms with Crippen LogP contribution in [0.4, 0.5) is 0 Å². The third kappa shape index (κ3) is 80.4. The van der Waals surface area contributed by atoms with Gasteiger partial charge in [-0.15, -0.1) is 0 Å².